The SMILES string of the molecule is CC(C)N1C=CC=NCC1=O. The van der Waals surface area contributed by atoms with E-state index >= 15 is 0 Å². The fraction of sp³-hybridized carbons (Fsp3) is 0.500. The highest BCUT2D eigenvalue weighted by molar-refractivity contribution is 5.85. The van der Waals surface area contributed by atoms with Gasteiger partial charge >= 0.3 is 0 Å². The van der Waals surface area contributed by atoms with Gasteiger partial charge in [-0.2, -0.15) is 0 Å². The van der Waals surface area contributed by atoms with Crippen LogP contribution in [0.1, 0.15) is 13.8 Å². The normalized spacial score (nSPS) is 17.7. The van der Waals surface area contributed by atoms with Crippen LogP contribution in [-0.4, -0.2) is 29.6 Å². The van der Waals surface area contributed by atoms with E-state index in [1.807, 2.05) is 13.8 Å². The Morgan fingerprint density at radius 2 is 2.36 bits per heavy atom. The monoisotopic (exact) mass is 152 g/mol. The van der Waals surface area contributed by atoms with Gasteiger partial charge in [-0.25, -0.2) is 0 Å². The molecule has 1 rings (SSSR count). The highest BCUT2D eigenvalue weighted by Gasteiger charge is 2.13. The van der Waals surface area contributed by atoms with Gasteiger partial charge in [0.05, 0.1) is 0 Å². The highest BCUT2D eigenvalue weighted by Crippen LogP contribution is 2.01. The maximum Gasteiger partial charge on any atom is 0.248 e. The van der Waals surface area contributed by atoms with Crippen LogP contribution in [0.3, 0.4) is 0 Å². The maximum atomic E-state index is 11.2. The first kappa shape index (κ1) is 7.98. The van der Waals surface area contributed by atoms with Gasteiger partial charge in [0.2, 0.25) is 5.91 Å². The molecule has 11 heavy (non-hydrogen) atoms. The molecular formula is C8H12N2O. The molecule has 0 aromatic heterocycles. The van der Waals surface area contributed by atoms with Crippen LogP contribution in [0, 0.1) is 0 Å². The molecule has 0 N–H and O–H groups in total. The topological polar surface area (TPSA) is 32.7 Å². The number of allylic oxidation sites excluding steroid dienone is 1. The van der Waals surface area contributed by atoms with Crippen LogP contribution in [0.5, 0.6) is 0 Å². The van der Waals surface area contributed by atoms with E-state index in [2.05, 4.69) is 4.99 Å². The predicted molar refractivity (Wildman–Crippen MR) is 44.5 cm³/mol. The van der Waals surface area contributed by atoms with E-state index in [0.29, 0.717) is 0 Å². The Morgan fingerprint density at radius 1 is 1.64 bits per heavy atom. The number of hydrogen-bond donors (Lipinski definition) is 0. The van der Waals surface area contributed by atoms with Crippen LogP contribution in [0.4, 0.5) is 0 Å². The lowest BCUT2D eigenvalue weighted by Gasteiger charge is -2.20. The van der Waals surface area contributed by atoms with Crippen molar-refractivity contribution in [2.45, 2.75) is 19.9 Å². The second-order valence-electron chi connectivity index (χ2n) is 2.73. The van der Waals surface area contributed by atoms with E-state index < -0.39 is 0 Å². The minimum Gasteiger partial charge on any atom is -0.315 e. The molecule has 0 aromatic rings. The zero-order chi connectivity index (χ0) is 8.27. The summed E-state index contributed by atoms with van der Waals surface area (Å²) < 4.78 is 0. The Kier molecular flexibility index (Phi) is 2.41. The first-order valence-electron chi connectivity index (χ1n) is 3.69. The summed E-state index contributed by atoms with van der Waals surface area (Å²) in [6, 6.07) is 0.223. The molecule has 0 spiro atoms. The summed E-state index contributed by atoms with van der Waals surface area (Å²) in [5.74, 6) is 0.0602. The molecule has 1 aliphatic heterocycles. The summed E-state index contributed by atoms with van der Waals surface area (Å²) in [5, 5.41) is 0. The molecule has 60 valence electrons. The van der Waals surface area contributed by atoms with Gasteiger partial charge in [0.15, 0.2) is 0 Å². The molecule has 0 aliphatic carbocycles. The molecule has 0 bridgehead atoms. The number of carbonyl (C=O) groups is 1. The van der Waals surface area contributed by atoms with Crippen molar-refractivity contribution in [2.75, 3.05) is 6.54 Å². The van der Waals surface area contributed by atoms with Crippen molar-refractivity contribution in [3.8, 4) is 0 Å². The fourth-order valence-corrected chi connectivity index (χ4v) is 0.948. The summed E-state index contributed by atoms with van der Waals surface area (Å²) in [4.78, 5) is 16.8. The summed E-state index contributed by atoms with van der Waals surface area (Å²) in [7, 11) is 0. The molecule has 1 amide bonds. The molecule has 0 fully saturated rings. The summed E-state index contributed by atoms with van der Waals surface area (Å²) in [5.41, 5.74) is 0. The largest absolute Gasteiger partial charge is 0.315 e. The molecule has 0 saturated carbocycles. The van der Waals surface area contributed by atoms with Crippen molar-refractivity contribution in [2.24, 2.45) is 4.99 Å². The van der Waals surface area contributed by atoms with E-state index in [1.165, 1.54) is 0 Å². The lowest BCUT2D eigenvalue weighted by molar-refractivity contribution is -0.128. The Hall–Kier alpha value is -1.12. The van der Waals surface area contributed by atoms with Crippen LogP contribution in [-0.2, 0) is 4.79 Å². The van der Waals surface area contributed by atoms with Gasteiger partial charge < -0.3 is 4.90 Å². The van der Waals surface area contributed by atoms with E-state index in [4.69, 9.17) is 0 Å². The number of carbonyl (C=O) groups excluding carboxylic acids is 1. The van der Waals surface area contributed by atoms with Gasteiger partial charge in [-0.1, -0.05) is 0 Å². The van der Waals surface area contributed by atoms with E-state index in [9.17, 15) is 4.79 Å². The van der Waals surface area contributed by atoms with Crippen LogP contribution in [0.15, 0.2) is 17.3 Å². The third kappa shape index (κ3) is 1.90. The molecule has 1 aliphatic rings. The van der Waals surface area contributed by atoms with Crippen molar-refractivity contribution in [1.82, 2.24) is 4.90 Å². The number of hydrogen-bond acceptors (Lipinski definition) is 2. The molecular weight excluding hydrogens is 140 g/mol. The minimum absolute atomic E-state index is 0.0602. The maximum absolute atomic E-state index is 11.2. The average molecular weight is 152 g/mol. The molecule has 0 radical (unpaired) electrons. The predicted octanol–water partition coefficient (Wildman–Crippen LogP) is 0.821. The van der Waals surface area contributed by atoms with Gasteiger partial charge in [-0.15, -0.1) is 0 Å². The summed E-state index contributed by atoms with van der Waals surface area (Å²) in [6.45, 7) is 4.23. The zero-order valence-electron chi connectivity index (χ0n) is 6.82. The molecule has 0 aromatic carbocycles. The Balaban J connectivity index is 2.72. The number of rotatable bonds is 1. The van der Waals surface area contributed by atoms with Crippen LogP contribution < -0.4 is 0 Å². The molecule has 3 heteroatoms. The third-order valence-corrected chi connectivity index (χ3v) is 1.51. The second kappa shape index (κ2) is 3.32. The van der Waals surface area contributed by atoms with E-state index in [0.717, 1.165) is 0 Å². The molecule has 3 nitrogen and oxygen atoms in total. The van der Waals surface area contributed by atoms with Gasteiger partial charge in [-0.05, 0) is 19.9 Å². The van der Waals surface area contributed by atoms with Crippen molar-refractivity contribution in [1.29, 1.82) is 0 Å². The minimum atomic E-state index is 0.0602. The molecule has 0 atom stereocenters. The van der Waals surface area contributed by atoms with E-state index in [-0.39, 0.29) is 18.5 Å². The van der Waals surface area contributed by atoms with Gasteiger partial charge in [0.25, 0.3) is 0 Å². The standard InChI is InChI=1S/C8H12N2O/c1-7(2)10-5-3-4-9-6-8(10)11/h3-5,7H,6H2,1-2H3. The quantitative estimate of drug-likeness (QED) is 0.547. The summed E-state index contributed by atoms with van der Waals surface area (Å²) >= 11 is 0. The summed E-state index contributed by atoms with van der Waals surface area (Å²) in [6.07, 6.45) is 5.20. The Bertz CT molecular complexity index is 206. The first-order chi connectivity index (χ1) is 5.22. The number of aliphatic imine (C=N–C) groups is 1. The van der Waals surface area contributed by atoms with Crippen LogP contribution >= 0.6 is 0 Å². The third-order valence-electron chi connectivity index (χ3n) is 1.51. The van der Waals surface area contributed by atoms with Crippen molar-refractivity contribution >= 4 is 12.1 Å². The first-order valence-corrected chi connectivity index (χ1v) is 3.69. The van der Waals surface area contributed by atoms with Gasteiger partial charge in [0.1, 0.15) is 6.54 Å². The van der Waals surface area contributed by atoms with E-state index in [1.54, 1.807) is 23.4 Å². The van der Waals surface area contributed by atoms with Crippen molar-refractivity contribution < 1.29 is 4.79 Å². The lowest BCUT2D eigenvalue weighted by Crippen LogP contribution is -2.33. The fourth-order valence-electron chi connectivity index (χ4n) is 0.948. The Labute approximate surface area is 66.4 Å². The Morgan fingerprint density at radius 3 is 3.00 bits per heavy atom. The number of nitrogens with zero attached hydrogens (tertiary/aromatic N) is 2. The number of amides is 1. The van der Waals surface area contributed by atoms with Gasteiger partial charge in [-0.3, -0.25) is 9.79 Å². The van der Waals surface area contributed by atoms with Crippen molar-refractivity contribution in [3.05, 3.63) is 12.3 Å². The average Bonchev–Trinajstić information content (AvgIpc) is 2.13. The molecule has 1 heterocycles. The molecule has 0 saturated heterocycles. The molecule has 0 unspecified atom stereocenters. The lowest BCUT2D eigenvalue weighted by atomic mass is 10.3. The van der Waals surface area contributed by atoms with Gasteiger partial charge in [0, 0.05) is 18.5 Å². The zero-order valence-corrected chi connectivity index (χ0v) is 6.82. The highest BCUT2D eigenvalue weighted by atomic mass is 16.2. The van der Waals surface area contributed by atoms with Crippen molar-refractivity contribution in [3.63, 3.8) is 0 Å². The smallest absolute Gasteiger partial charge is 0.248 e. The second-order valence-corrected chi connectivity index (χ2v) is 2.73. The van der Waals surface area contributed by atoms with Crippen LogP contribution in [0.2, 0.25) is 0 Å². The van der Waals surface area contributed by atoms with Crippen LogP contribution in [0.25, 0.3) is 0 Å².